The maximum absolute atomic E-state index is 11.1. The summed E-state index contributed by atoms with van der Waals surface area (Å²) in [4.78, 5) is 11.1. The number of methoxy groups -OCH3 is 1. The first-order valence-electron chi connectivity index (χ1n) is 4.25. The number of carbonyl (C=O) groups excluding carboxylic acids is 1. The summed E-state index contributed by atoms with van der Waals surface area (Å²) < 4.78 is 4.54. The number of hydrogen-bond acceptors (Lipinski definition) is 4. The first kappa shape index (κ1) is 13.9. The van der Waals surface area contributed by atoms with Crippen LogP contribution >= 0.6 is 12.4 Å². The van der Waals surface area contributed by atoms with Crippen molar-refractivity contribution in [2.24, 2.45) is 5.73 Å². The summed E-state index contributed by atoms with van der Waals surface area (Å²) in [6, 6.07) is 6.51. The van der Waals surface area contributed by atoms with Crippen molar-refractivity contribution in [2.75, 3.05) is 13.7 Å². The monoisotopic (exact) mass is 231 g/mol. The molecule has 1 aromatic rings. The van der Waals surface area contributed by atoms with Crippen LogP contribution in [0.25, 0.3) is 0 Å². The lowest BCUT2D eigenvalue weighted by Crippen LogP contribution is -2.11. The van der Waals surface area contributed by atoms with E-state index in [1.165, 1.54) is 7.11 Å². The summed E-state index contributed by atoms with van der Waals surface area (Å²) in [5.74, 6) is -0.390. The molecule has 0 spiro atoms. The van der Waals surface area contributed by atoms with Gasteiger partial charge in [-0.05, 0) is 17.7 Å². The average molecular weight is 232 g/mol. The lowest BCUT2D eigenvalue weighted by Gasteiger charge is -2.07. The summed E-state index contributed by atoms with van der Waals surface area (Å²) in [6.45, 7) is 0.164. The van der Waals surface area contributed by atoms with E-state index < -0.39 is 12.1 Å². The molecule has 0 amide bonds. The minimum atomic E-state index is -0.679. The molecule has 4 nitrogen and oxygen atoms in total. The zero-order chi connectivity index (χ0) is 10.6. The van der Waals surface area contributed by atoms with Gasteiger partial charge in [0, 0.05) is 6.54 Å². The fourth-order valence-electron chi connectivity index (χ4n) is 1.10. The van der Waals surface area contributed by atoms with Gasteiger partial charge < -0.3 is 15.6 Å². The van der Waals surface area contributed by atoms with Gasteiger partial charge in [0.05, 0.1) is 18.8 Å². The van der Waals surface area contributed by atoms with Crippen molar-refractivity contribution in [2.45, 2.75) is 6.10 Å². The first-order chi connectivity index (χ1) is 6.69. The lowest BCUT2D eigenvalue weighted by atomic mass is 10.1. The molecule has 3 N–H and O–H groups in total. The van der Waals surface area contributed by atoms with Crippen molar-refractivity contribution in [1.82, 2.24) is 0 Å². The van der Waals surface area contributed by atoms with Crippen LogP contribution in [-0.2, 0) is 4.74 Å². The zero-order valence-corrected chi connectivity index (χ0v) is 9.16. The number of halogens is 1. The molecule has 0 unspecified atom stereocenters. The Balaban J connectivity index is 0.00000196. The first-order valence-corrected chi connectivity index (χ1v) is 4.25. The Morgan fingerprint density at radius 2 is 2.00 bits per heavy atom. The average Bonchev–Trinajstić information content (AvgIpc) is 2.27. The van der Waals surface area contributed by atoms with E-state index in [1.807, 2.05) is 0 Å². The predicted octanol–water partition coefficient (Wildman–Crippen LogP) is 0.887. The van der Waals surface area contributed by atoms with Crippen LogP contribution in [0.4, 0.5) is 0 Å². The van der Waals surface area contributed by atoms with Gasteiger partial charge in [-0.25, -0.2) is 4.79 Å². The second kappa shape index (κ2) is 6.40. The van der Waals surface area contributed by atoms with Crippen LogP contribution in [-0.4, -0.2) is 24.7 Å². The van der Waals surface area contributed by atoms with Gasteiger partial charge in [0.25, 0.3) is 0 Å². The normalized spacial score (nSPS) is 11.4. The van der Waals surface area contributed by atoms with Crippen molar-refractivity contribution in [3.8, 4) is 0 Å². The van der Waals surface area contributed by atoms with Crippen molar-refractivity contribution in [3.05, 3.63) is 35.4 Å². The molecule has 0 heterocycles. The second-order valence-electron chi connectivity index (χ2n) is 2.87. The van der Waals surface area contributed by atoms with Crippen molar-refractivity contribution < 1.29 is 14.6 Å². The van der Waals surface area contributed by atoms with E-state index in [1.54, 1.807) is 24.3 Å². The topological polar surface area (TPSA) is 72.5 Å². The van der Waals surface area contributed by atoms with Crippen LogP contribution in [0, 0.1) is 0 Å². The van der Waals surface area contributed by atoms with Crippen LogP contribution in [0.2, 0.25) is 0 Å². The SMILES string of the molecule is COC(=O)c1ccc([C@@H](O)CN)cc1.Cl. The van der Waals surface area contributed by atoms with Gasteiger partial charge in [-0.1, -0.05) is 12.1 Å². The van der Waals surface area contributed by atoms with Gasteiger partial charge in [-0.15, -0.1) is 12.4 Å². The number of nitrogens with two attached hydrogens (primary N) is 1. The molecule has 1 rings (SSSR count). The van der Waals surface area contributed by atoms with Gasteiger partial charge in [0.1, 0.15) is 0 Å². The Labute approximate surface area is 94.5 Å². The standard InChI is InChI=1S/C10H13NO3.ClH/c1-14-10(13)8-4-2-7(3-5-8)9(12)6-11;/h2-5,9,12H,6,11H2,1H3;1H/t9-;/m0./s1. The molecule has 0 aromatic heterocycles. The van der Waals surface area contributed by atoms with Crippen LogP contribution in [0.5, 0.6) is 0 Å². The number of ether oxygens (including phenoxy) is 1. The number of hydrogen-bond donors (Lipinski definition) is 2. The predicted molar refractivity (Wildman–Crippen MR) is 59.0 cm³/mol. The minimum absolute atomic E-state index is 0. The van der Waals surface area contributed by atoms with Crippen LogP contribution in [0.3, 0.4) is 0 Å². The number of benzene rings is 1. The molecule has 0 radical (unpaired) electrons. The van der Waals surface area contributed by atoms with Gasteiger partial charge in [-0.3, -0.25) is 0 Å². The summed E-state index contributed by atoms with van der Waals surface area (Å²) in [6.07, 6.45) is -0.679. The Bertz CT molecular complexity index is 313. The largest absolute Gasteiger partial charge is 0.465 e. The molecule has 15 heavy (non-hydrogen) atoms. The Hall–Kier alpha value is -1.10. The third-order valence-electron chi connectivity index (χ3n) is 1.94. The number of carbonyl (C=O) groups is 1. The van der Waals surface area contributed by atoms with E-state index in [0.717, 1.165) is 0 Å². The van der Waals surface area contributed by atoms with Crippen molar-refractivity contribution in [3.63, 3.8) is 0 Å². The maximum atomic E-state index is 11.1. The van der Waals surface area contributed by atoms with E-state index >= 15 is 0 Å². The molecular weight excluding hydrogens is 218 g/mol. The molecule has 0 saturated heterocycles. The number of esters is 1. The lowest BCUT2D eigenvalue weighted by molar-refractivity contribution is 0.0600. The van der Waals surface area contributed by atoms with Gasteiger partial charge >= 0.3 is 5.97 Å². The number of aliphatic hydroxyl groups is 1. The highest BCUT2D eigenvalue weighted by atomic mass is 35.5. The fraction of sp³-hybridized carbons (Fsp3) is 0.300. The quantitative estimate of drug-likeness (QED) is 0.758. The second-order valence-corrected chi connectivity index (χ2v) is 2.87. The molecular formula is C10H14ClNO3. The zero-order valence-electron chi connectivity index (χ0n) is 8.34. The summed E-state index contributed by atoms with van der Waals surface area (Å²) in [5, 5.41) is 9.37. The number of aliphatic hydroxyl groups excluding tert-OH is 1. The van der Waals surface area contributed by atoms with Crippen molar-refractivity contribution >= 4 is 18.4 Å². The molecule has 1 aromatic carbocycles. The van der Waals surface area contributed by atoms with E-state index in [9.17, 15) is 9.90 Å². The Morgan fingerprint density at radius 1 is 1.47 bits per heavy atom. The summed E-state index contributed by atoms with van der Waals surface area (Å²) >= 11 is 0. The van der Waals surface area contributed by atoms with Crippen LogP contribution < -0.4 is 5.73 Å². The van der Waals surface area contributed by atoms with Crippen LogP contribution in [0.15, 0.2) is 24.3 Å². The van der Waals surface area contributed by atoms with E-state index in [0.29, 0.717) is 11.1 Å². The molecule has 0 saturated carbocycles. The minimum Gasteiger partial charge on any atom is -0.465 e. The van der Waals surface area contributed by atoms with E-state index in [4.69, 9.17) is 5.73 Å². The van der Waals surface area contributed by atoms with Gasteiger partial charge in [-0.2, -0.15) is 0 Å². The Kier molecular flexibility index (Phi) is 5.93. The highest BCUT2D eigenvalue weighted by Crippen LogP contribution is 2.12. The number of rotatable bonds is 3. The summed E-state index contributed by atoms with van der Waals surface area (Å²) in [5.41, 5.74) is 6.44. The maximum Gasteiger partial charge on any atom is 0.337 e. The molecule has 0 bridgehead atoms. The van der Waals surface area contributed by atoms with Crippen LogP contribution in [0.1, 0.15) is 22.0 Å². The highest BCUT2D eigenvalue weighted by molar-refractivity contribution is 5.89. The molecule has 0 aliphatic rings. The fourth-order valence-corrected chi connectivity index (χ4v) is 1.10. The molecule has 0 aliphatic heterocycles. The summed E-state index contributed by atoms with van der Waals surface area (Å²) in [7, 11) is 1.32. The Morgan fingerprint density at radius 3 is 2.40 bits per heavy atom. The van der Waals surface area contributed by atoms with E-state index in [2.05, 4.69) is 4.74 Å². The molecule has 0 aliphatic carbocycles. The van der Waals surface area contributed by atoms with Gasteiger partial charge in [0.15, 0.2) is 0 Å². The molecule has 1 atom stereocenters. The smallest absolute Gasteiger partial charge is 0.337 e. The third kappa shape index (κ3) is 3.51. The van der Waals surface area contributed by atoms with Gasteiger partial charge in [0.2, 0.25) is 0 Å². The van der Waals surface area contributed by atoms with E-state index in [-0.39, 0.29) is 19.0 Å². The molecule has 5 heteroatoms. The molecule has 0 fully saturated rings. The highest BCUT2D eigenvalue weighted by Gasteiger charge is 2.07. The molecule has 84 valence electrons. The third-order valence-corrected chi connectivity index (χ3v) is 1.94. The van der Waals surface area contributed by atoms with Crippen molar-refractivity contribution in [1.29, 1.82) is 0 Å².